The molecule has 0 aromatic carbocycles. The molecular formula is C15H22N4S. The molecular weight excluding hydrogens is 268 g/mol. The maximum atomic E-state index is 5.31. The summed E-state index contributed by atoms with van der Waals surface area (Å²) in [7, 11) is 0. The van der Waals surface area contributed by atoms with Gasteiger partial charge >= 0.3 is 0 Å². The summed E-state index contributed by atoms with van der Waals surface area (Å²) in [4.78, 5) is 4.25. The smallest absolute Gasteiger partial charge is 0.187 e. The largest absolute Gasteiger partial charge is 0.358 e. The summed E-state index contributed by atoms with van der Waals surface area (Å²) in [5.74, 6) is 0.671. The summed E-state index contributed by atoms with van der Waals surface area (Å²) >= 11 is 5.31. The van der Waals surface area contributed by atoms with E-state index in [9.17, 15) is 0 Å². The van der Waals surface area contributed by atoms with Crippen LogP contribution in [-0.2, 0) is 0 Å². The second-order valence-electron chi connectivity index (χ2n) is 5.37. The van der Waals surface area contributed by atoms with Gasteiger partial charge in [-0.1, -0.05) is 25.8 Å². The van der Waals surface area contributed by atoms with E-state index in [0.29, 0.717) is 17.1 Å². The van der Waals surface area contributed by atoms with Crippen LogP contribution >= 0.6 is 12.2 Å². The summed E-state index contributed by atoms with van der Waals surface area (Å²) in [6, 6.07) is 6.23. The lowest BCUT2D eigenvalue weighted by Crippen LogP contribution is -2.44. The van der Waals surface area contributed by atoms with Gasteiger partial charge in [0.15, 0.2) is 5.11 Å². The number of aromatic nitrogens is 1. The Bertz CT molecular complexity index is 472. The van der Waals surface area contributed by atoms with Crippen LogP contribution in [0.25, 0.3) is 0 Å². The Balaban J connectivity index is 1.85. The van der Waals surface area contributed by atoms with Crippen molar-refractivity contribution in [3.05, 3.63) is 30.1 Å². The molecule has 0 spiro atoms. The normalized spacial score (nSPS) is 23.2. The third kappa shape index (κ3) is 4.27. The van der Waals surface area contributed by atoms with Crippen LogP contribution in [0.3, 0.4) is 0 Å². The average molecular weight is 290 g/mol. The van der Waals surface area contributed by atoms with E-state index in [2.05, 4.69) is 27.8 Å². The van der Waals surface area contributed by atoms with Crippen LogP contribution in [0.5, 0.6) is 0 Å². The Hall–Kier alpha value is -1.49. The fourth-order valence-corrected chi connectivity index (χ4v) is 2.70. The number of rotatable bonds is 3. The Labute approximate surface area is 126 Å². The standard InChI is InChI=1S/C15H22N4S/c1-11-7-3-4-8-13(11)17-15(20)19-18-12(2)14-9-5-6-10-16-14/h5-6,9-11,13H,3-4,7-8H2,1-2H3,(H2,17,19,20)/b18-12-/t11-,13+/m0/s1. The first-order valence-corrected chi connectivity index (χ1v) is 7.60. The number of hydrogen-bond donors (Lipinski definition) is 2. The van der Waals surface area contributed by atoms with Crippen LogP contribution in [0.2, 0.25) is 0 Å². The van der Waals surface area contributed by atoms with Crippen LogP contribution < -0.4 is 10.7 Å². The Kier molecular flexibility index (Phi) is 5.47. The van der Waals surface area contributed by atoms with E-state index in [4.69, 9.17) is 12.2 Å². The van der Waals surface area contributed by atoms with Gasteiger partial charge in [0.05, 0.1) is 11.4 Å². The molecule has 2 atom stereocenters. The van der Waals surface area contributed by atoms with E-state index in [0.717, 1.165) is 11.4 Å². The van der Waals surface area contributed by atoms with Gasteiger partial charge < -0.3 is 5.32 Å². The third-order valence-corrected chi connectivity index (χ3v) is 4.00. The van der Waals surface area contributed by atoms with E-state index in [1.165, 1.54) is 25.7 Å². The monoisotopic (exact) mass is 290 g/mol. The molecule has 20 heavy (non-hydrogen) atoms. The summed E-state index contributed by atoms with van der Waals surface area (Å²) in [6.45, 7) is 4.20. The predicted octanol–water partition coefficient (Wildman–Crippen LogP) is 2.85. The quantitative estimate of drug-likeness (QED) is 0.510. The van der Waals surface area contributed by atoms with Crippen LogP contribution in [0, 0.1) is 5.92 Å². The van der Waals surface area contributed by atoms with Crippen molar-refractivity contribution in [1.82, 2.24) is 15.7 Å². The Morgan fingerprint density at radius 3 is 2.85 bits per heavy atom. The molecule has 0 radical (unpaired) electrons. The first-order chi connectivity index (χ1) is 9.66. The number of hydrazone groups is 1. The molecule has 1 aliphatic rings. The van der Waals surface area contributed by atoms with Gasteiger partial charge in [0.25, 0.3) is 0 Å². The highest BCUT2D eigenvalue weighted by molar-refractivity contribution is 7.80. The van der Waals surface area contributed by atoms with Gasteiger partial charge in [0, 0.05) is 12.2 Å². The summed E-state index contributed by atoms with van der Waals surface area (Å²) in [5, 5.41) is 8.25. The van der Waals surface area contributed by atoms with Crippen LogP contribution in [-0.4, -0.2) is 21.8 Å². The molecule has 0 bridgehead atoms. The number of hydrogen-bond acceptors (Lipinski definition) is 3. The summed E-state index contributed by atoms with van der Waals surface area (Å²) in [6.07, 6.45) is 6.83. The Morgan fingerprint density at radius 1 is 1.35 bits per heavy atom. The van der Waals surface area contributed by atoms with Crippen molar-refractivity contribution in [2.24, 2.45) is 11.0 Å². The molecule has 0 saturated heterocycles. The minimum absolute atomic E-state index is 0.467. The van der Waals surface area contributed by atoms with Crippen molar-refractivity contribution in [1.29, 1.82) is 0 Å². The fraction of sp³-hybridized carbons (Fsp3) is 0.533. The Morgan fingerprint density at radius 2 is 2.15 bits per heavy atom. The number of pyridine rings is 1. The average Bonchev–Trinajstić information content (AvgIpc) is 2.48. The van der Waals surface area contributed by atoms with Gasteiger partial charge in [-0.3, -0.25) is 10.4 Å². The maximum Gasteiger partial charge on any atom is 0.187 e. The van der Waals surface area contributed by atoms with Gasteiger partial charge in [0.1, 0.15) is 0 Å². The molecule has 0 unspecified atom stereocenters. The molecule has 2 N–H and O–H groups in total. The lowest BCUT2D eigenvalue weighted by atomic mass is 9.86. The molecule has 0 amide bonds. The minimum atomic E-state index is 0.467. The summed E-state index contributed by atoms with van der Waals surface area (Å²) < 4.78 is 0. The fourth-order valence-electron chi connectivity index (χ4n) is 2.50. The van der Waals surface area contributed by atoms with Crippen molar-refractivity contribution in [2.45, 2.75) is 45.6 Å². The van der Waals surface area contributed by atoms with Crippen molar-refractivity contribution >= 4 is 23.0 Å². The number of nitrogens with zero attached hydrogens (tertiary/aromatic N) is 2. The van der Waals surface area contributed by atoms with Gasteiger partial charge in [-0.2, -0.15) is 5.10 Å². The van der Waals surface area contributed by atoms with Gasteiger partial charge in [0.2, 0.25) is 0 Å². The molecule has 1 aromatic heterocycles. The van der Waals surface area contributed by atoms with Crippen LogP contribution in [0.15, 0.2) is 29.5 Å². The molecule has 1 saturated carbocycles. The summed E-state index contributed by atoms with van der Waals surface area (Å²) in [5.41, 5.74) is 4.60. The van der Waals surface area contributed by atoms with Crippen LogP contribution in [0.4, 0.5) is 0 Å². The first kappa shape index (κ1) is 14.9. The molecule has 1 heterocycles. The van der Waals surface area contributed by atoms with Crippen LogP contribution in [0.1, 0.15) is 45.2 Å². The molecule has 5 heteroatoms. The first-order valence-electron chi connectivity index (χ1n) is 7.19. The SMILES string of the molecule is C/C(=N/NC(=S)N[C@@H]1CCCC[C@@H]1C)c1ccccn1. The highest BCUT2D eigenvalue weighted by Crippen LogP contribution is 2.23. The van der Waals surface area contributed by atoms with E-state index in [1.807, 2.05) is 25.1 Å². The number of nitrogens with one attached hydrogen (secondary N) is 2. The van der Waals surface area contributed by atoms with E-state index >= 15 is 0 Å². The van der Waals surface area contributed by atoms with Crippen molar-refractivity contribution in [2.75, 3.05) is 0 Å². The highest BCUT2D eigenvalue weighted by Gasteiger charge is 2.21. The molecule has 0 aliphatic heterocycles. The zero-order valence-corrected chi connectivity index (χ0v) is 12.9. The molecule has 4 nitrogen and oxygen atoms in total. The lowest BCUT2D eigenvalue weighted by molar-refractivity contribution is 0.308. The van der Waals surface area contributed by atoms with Gasteiger partial charge in [-0.05, 0) is 50.0 Å². The van der Waals surface area contributed by atoms with Gasteiger partial charge in [-0.25, -0.2) is 0 Å². The predicted molar refractivity (Wildman–Crippen MR) is 86.7 cm³/mol. The second-order valence-corrected chi connectivity index (χ2v) is 5.77. The molecule has 1 aromatic rings. The van der Waals surface area contributed by atoms with Crippen molar-refractivity contribution < 1.29 is 0 Å². The van der Waals surface area contributed by atoms with E-state index in [1.54, 1.807) is 6.20 Å². The topological polar surface area (TPSA) is 49.3 Å². The maximum absolute atomic E-state index is 5.31. The van der Waals surface area contributed by atoms with Crippen molar-refractivity contribution in [3.8, 4) is 0 Å². The minimum Gasteiger partial charge on any atom is -0.358 e. The molecule has 108 valence electrons. The van der Waals surface area contributed by atoms with Gasteiger partial charge in [-0.15, -0.1) is 0 Å². The molecule has 1 aliphatic carbocycles. The van der Waals surface area contributed by atoms with E-state index in [-0.39, 0.29) is 0 Å². The second kappa shape index (κ2) is 7.33. The molecule has 2 rings (SSSR count). The highest BCUT2D eigenvalue weighted by atomic mass is 32.1. The van der Waals surface area contributed by atoms with E-state index < -0.39 is 0 Å². The zero-order valence-electron chi connectivity index (χ0n) is 12.1. The third-order valence-electron chi connectivity index (χ3n) is 3.79. The zero-order chi connectivity index (χ0) is 14.4. The van der Waals surface area contributed by atoms with Crippen molar-refractivity contribution in [3.63, 3.8) is 0 Å². The number of thiocarbonyl (C=S) groups is 1. The lowest BCUT2D eigenvalue weighted by Gasteiger charge is -2.30. The molecule has 1 fully saturated rings.